The second kappa shape index (κ2) is 4.62. The van der Waals surface area contributed by atoms with E-state index in [1.54, 1.807) is 20.8 Å². The van der Waals surface area contributed by atoms with Gasteiger partial charge in [0.05, 0.1) is 6.54 Å². The van der Waals surface area contributed by atoms with Crippen molar-refractivity contribution in [3.63, 3.8) is 0 Å². The molecule has 1 spiro atoms. The van der Waals surface area contributed by atoms with Gasteiger partial charge in [0.25, 0.3) is 5.91 Å². The molecule has 1 unspecified atom stereocenters. The third-order valence-electron chi connectivity index (χ3n) is 3.28. The third-order valence-corrected chi connectivity index (χ3v) is 3.28. The molecule has 1 atom stereocenters. The number of piperidine rings is 1. The predicted molar refractivity (Wildman–Crippen MR) is 66.9 cm³/mol. The maximum Gasteiger partial charge on any atom is 0.410 e. The SMILES string of the molecule is CC(C)(C)OC(=O)N1CCCC2(C1)NC(=O)N(O)C2=O. The Balaban J connectivity index is 2.11. The number of urea groups is 1. The lowest BCUT2D eigenvalue weighted by atomic mass is 9.89. The predicted octanol–water partition coefficient (Wildman–Crippen LogP) is 0.697. The molecular formula is C12H19N3O5. The topological polar surface area (TPSA) is 99.2 Å². The molecule has 2 fully saturated rings. The van der Waals surface area contributed by atoms with Gasteiger partial charge < -0.3 is 15.0 Å². The first kappa shape index (κ1) is 14.6. The van der Waals surface area contributed by atoms with E-state index in [4.69, 9.17) is 4.74 Å². The highest BCUT2D eigenvalue weighted by molar-refractivity contribution is 6.06. The van der Waals surface area contributed by atoms with Gasteiger partial charge >= 0.3 is 12.1 Å². The van der Waals surface area contributed by atoms with Crippen molar-refractivity contribution in [2.24, 2.45) is 0 Å². The lowest BCUT2D eigenvalue weighted by molar-refractivity contribution is -0.154. The first-order valence-corrected chi connectivity index (χ1v) is 6.48. The Morgan fingerprint density at radius 1 is 1.40 bits per heavy atom. The van der Waals surface area contributed by atoms with E-state index in [2.05, 4.69) is 5.32 Å². The minimum absolute atomic E-state index is 0.00352. The molecule has 0 bridgehead atoms. The molecule has 0 radical (unpaired) electrons. The summed E-state index contributed by atoms with van der Waals surface area (Å²) in [6.07, 6.45) is 0.391. The fourth-order valence-electron chi connectivity index (χ4n) is 2.42. The van der Waals surface area contributed by atoms with Crippen LogP contribution in [0.15, 0.2) is 0 Å². The van der Waals surface area contributed by atoms with Crippen molar-refractivity contribution in [2.75, 3.05) is 13.1 Å². The van der Waals surface area contributed by atoms with E-state index in [1.165, 1.54) is 4.90 Å². The highest BCUT2D eigenvalue weighted by atomic mass is 16.6. The zero-order valence-corrected chi connectivity index (χ0v) is 11.8. The van der Waals surface area contributed by atoms with E-state index in [-0.39, 0.29) is 11.6 Å². The van der Waals surface area contributed by atoms with Crippen molar-refractivity contribution in [1.82, 2.24) is 15.3 Å². The summed E-state index contributed by atoms with van der Waals surface area (Å²) < 4.78 is 5.26. The lowest BCUT2D eigenvalue weighted by Gasteiger charge is -2.38. The fraction of sp³-hybridized carbons (Fsp3) is 0.750. The highest BCUT2D eigenvalue weighted by Crippen LogP contribution is 2.28. The van der Waals surface area contributed by atoms with Gasteiger partial charge in [0.15, 0.2) is 0 Å². The summed E-state index contributed by atoms with van der Waals surface area (Å²) >= 11 is 0. The van der Waals surface area contributed by atoms with Crippen LogP contribution >= 0.6 is 0 Å². The zero-order chi connectivity index (χ0) is 15.1. The van der Waals surface area contributed by atoms with Crippen LogP contribution in [0, 0.1) is 0 Å². The number of amides is 4. The van der Waals surface area contributed by atoms with Crippen LogP contribution in [0.25, 0.3) is 0 Å². The first-order chi connectivity index (χ1) is 9.15. The van der Waals surface area contributed by atoms with Crippen molar-refractivity contribution >= 4 is 18.0 Å². The Bertz CT molecular complexity index is 458. The first-order valence-electron chi connectivity index (χ1n) is 6.48. The van der Waals surface area contributed by atoms with E-state index < -0.39 is 29.2 Å². The molecule has 8 heteroatoms. The van der Waals surface area contributed by atoms with Gasteiger partial charge in [0, 0.05) is 6.54 Å². The second-order valence-corrected chi connectivity index (χ2v) is 6.13. The molecule has 2 heterocycles. The zero-order valence-electron chi connectivity index (χ0n) is 11.8. The van der Waals surface area contributed by atoms with Crippen LogP contribution in [0.4, 0.5) is 9.59 Å². The molecule has 112 valence electrons. The quantitative estimate of drug-likeness (QED) is 0.504. The number of hydrogen-bond acceptors (Lipinski definition) is 5. The Hall–Kier alpha value is -1.83. The summed E-state index contributed by atoms with van der Waals surface area (Å²) in [4.78, 5) is 36.7. The fourth-order valence-corrected chi connectivity index (χ4v) is 2.42. The average Bonchev–Trinajstić information content (AvgIpc) is 2.52. The smallest absolute Gasteiger partial charge is 0.410 e. The van der Waals surface area contributed by atoms with Crippen LogP contribution in [0.3, 0.4) is 0 Å². The van der Waals surface area contributed by atoms with Crippen molar-refractivity contribution in [1.29, 1.82) is 0 Å². The molecule has 0 aromatic carbocycles. The number of carbonyl (C=O) groups is 3. The Labute approximate surface area is 116 Å². The number of carbonyl (C=O) groups excluding carboxylic acids is 3. The van der Waals surface area contributed by atoms with Gasteiger partial charge in [-0.3, -0.25) is 10.0 Å². The van der Waals surface area contributed by atoms with E-state index in [0.29, 0.717) is 19.4 Å². The van der Waals surface area contributed by atoms with Gasteiger partial charge in [-0.25, -0.2) is 9.59 Å². The summed E-state index contributed by atoms with van der Waals surface area (Å²) in [5.74, 6) is -0.726. The summed E-state index contributed by atoms with van der Waals surface area (Å²) in [5.41, 5.74) is -1.87. The third kappa shape index (κ3) is 2.55. The molecule has 2 saturated heterocycles. The number of imide groups is 1. The van der Waals surface area contributed by atoms with Crippen LogP contribution in [-0.4, -0.2) is 57.4 Å². The number of hydrogen-bond donors (Lipinski definition) is 2. The molecule has 0 aliphatic carbocycles. The van der Waals surface area contributed by atoms with E-state index in [1.807, 2.05) is 0 Å². The van der Waals surface area contributed by atoms with Crippen LogP contribution in [0.5, 0.6) is 0 Å². The summed E-state index contributed by atoms with van der Waals surface area (Å²) in [7, 11) is 0. The summed E-state index contributed by atoms with van der Waals surface area (Å²) in [5, 5.41) is 11.9. The van der Waals surface area contributed by atoms with Crippen LogP contribution < -0.4 is 5.32 Å². The van der Waals surface area contributed by atoms with Gasteiger partial charge in [-0.15, -0.1) is 5.06 Å². The number of nitrogens with zero attached hydrogens (tertiary/aromatic N) is 2. The van der Waals surface area contributed by atoms with Gasteiger partial charge in [-0.2, -0.15) is 0 Å². The lowest BCUT2D eigenvalue weighted by Crippen LogP contribution is -2.60. The molecule has 0 saturated carbocycles. The number of likely N-dealkylation sites (tertiary alicyclic amines) is 1. The molecule has 2 N–H and O–H groups in total. The molecule has 0 aromatic rings. The second-order valence-electron chi connectivity index (χ2n) is 6.13. The van der Waals surface area contributed by atoms with Gasteiger partial charge in [-0.1, -0.05) is 0 Å². The molecule has 2 rings (SSSR count). The summed E-state index contributed by atoms with van der Waals surface area (Å²) in [6, 6.07) is -0.860. The van der Waals surface area contributed by atoms with Crippen LogP contribution in [-0.2, 0) is 9.53 Å². The van der Waals surface area contributed by atoms with Crippen molar-refractivity contribution in [3.8, 4) is 0 Å². The van der Waals surface area contributed by atoms with Crippen LogP contribution in [0.2, 0.25) is 0 Å². The maximum absolute atomic E-state index is 12.0. The Kier molecular flexibility index (Phi) is 3.37. The summed E-state index contributed by atoms with van der Waals surface area (Å²) in [6.45, 7) is 5.71. The standard InChI is InChI=1S/C12H19N3O5/c1-11(2,3)20-10(18)14-6-4-5-12(7-14)8(16)15(19)9(17)13-12/h19H,4-7H2,1-3H3,(H,13,17). The number of hydroxylamine groups is 2. The molecule has 4 amide bonds. The minimum atomic E-state index is -1.24. The normalized spacial score (nSPS) is 27.0. The van der Waals surface area contributed by atoms with Crippen molar-refractivity contribution < 1.29 is 24.3 Å². The van der Waals surface area contributed by atoms with E-state index in [9.17, 15) is 19.6 Å². The van der Waals surface area contributed by atoms with Gasteiger partial charge in [-0.05, 0) is 33.6 Å². The van der Waals surface area contributed by atoms with Crippen molar-refractivity contribution in [3.05, 3.63) is 0 Å². The molecular weight excluding hydrogens is 266 g/mol. The molecule has 20 heavy (non-hydrogen) atoms. The van der Waals surface area contributed by atoms with Crippen molar-refractivity contribution in [2.45, 2.75) is 44.8 Å². The number of ether oxygens (including phenoxy) is 1. The number of rotatable bonds is 0. The highest BCUT2D eigenvalue weighted by Gasteiger charge is 2.54. The van der Waals surface area contributed by atoms with Gasteiger partial charge in [0.2, 0.25) is 0 Å². The number of nitrogens with one attached hydrogen (secondary N) is 1. The molecule has 2 aliphatic heterocycles. The Morgan fingerprint density at radius 2 is 2.05 bits per heavy atom. The largest absolute Gasteiger partial charge is 0.444 e. The van der Waals surface area contributed by atoms with Crippen LogP contribution in [0.1, 0.15) is 33.6 Å². The molecule has 0 aromatic heterocycles. The van der Waals surface area contributed by atoms with E-state index in [0.717, 1.165) is 0 Å². The average molecular weight is 285 g/mol. The molecule has 2 aliphatic rings. The minimum Gasteiger partial charge on any atom is -0.444 e. The van der Waals surface area contributed by atoms with Gasteiger partial charge in [0.1, 0.15) is 11.1 Å². The molecule has 8 nitrogen and oxygen atoms in total. The maximum atomic E-state index is 12.0. The van der Waals surface area contributed by atoms with E-state index >= 15 is 0 Å². The Morgan fingerprint density at radius 3 is 2.55 bits per heavy atom. The monoisotopic (exact) mass is 285 g/mol.